The van der Waals surface area contributed by atoms with Crippen molar-refractivity contribution in [3.8, 4) is 11.3 Å². The van der Waals surface area contributed by atoms with Gasteiger partial charge in [0.15, 0.2) is 0 Å². The first kappa shape index (κ1) is 16.6. The standard InChI is InChI=1S/C22H19N5O/c28-21-8-7-20(18-5-3-10-23-12-18)25-27(21)15-16-13-26(14-16)22-19-6-2-1-4-17(19)9-11-24-22/h1-12,16H,13-15H2. The summed E-state index contributed by atoms with van der Waals surface area (Å²) >= 11 is 0. The molecule has 0 spiro atoms. The van der Waals surface area contributed by atoms with Crippen LogP contribution in [0, 0.1) is 5.92 Å². The Kier molecular flexibility index (Phi) is 4.09. The minimum absolute atomic E-state index is 0.0747. The highest BCUT2D eigenvalue weighted by Crippen LogP contribution is 2.30. The topological polar surface area (TPSA) is 63.9 Å². The molecule has 1 aromatic carbocycles. The third kappa shape index (κ3) is 3.03. The van der Waals surface area contributed by atoms with Gasteiger partial charge in [0, 0.05) is 54.6 Å². The van der Waals surface area contributed by atoms with E-state index in [1.807, 2.05) is 36.5 Å². The molecular formula is C22H19N5O. The van der Waals surface area contributed by atoms with Crippen LogP contribution in [0.25, 0.3) is 22.0 Å². The third-order valence-corrected chi connectivity index (χ3v) is 5.16. The van der Waals surface area contributed by atoms with E-state index in [4.69, 9.17) is 0 Å². The van der Waals surface area contributed by atoms with Gasteiger partial charge >= 0.3 is 0 Å². The van der Waals surface area contributed by atoms with E-state index >= 15 is 0 Å². The van der Waals surface area contributed by atoms with E-state index in [1.165, 1.54) is 5.39 Å². The molecule has 28 heavy (non-hydrogen) atoms. The normalized spacial score (nSPS) is 14.2. The summed E-state index contributed by atoms with van der Waals surface area (Å²) in [5, 5.41) is 6.90. The molecule has 4 aromatic rings. The Balaban J connectivity index is 1.33. The van der Waals surface area contributed by atoms with Gasteiger partial charge in [0.05, 0.1) is 12.2 Å². The van der Waals surface area contributed by atoms with Gasteiger partial charge in [-0.2, -0.15) is 5.10 Å². The lowest BCUT2D eigenvalue weighted by Gasteiger charge is -2.40. The van der Waals surface area contributed by atoms with Gasteiger partial charge in [0.1, 0.15) is 5.82 Å². The minimum atomic E-state index is -0.0747. The van der Waals surface area contributed by atoms with Gasteiger partial charge in [0.25, 0.3) is 5.56 Å². The van der Waals surface area contributed by atoms with E-state index in [-0.39, 0.29) is 5.56 Å². The monoisotopic (exact) mass is 369 g/mol. The SMILES string of the molecule is O=c1ccc(-c2cccnc2)nn1CC1CN(c2nccc3ccccc23)C1. The van der Waals surface area contributed by atoms with Crippen LogP contribution in [0.4, 0.5) is 5.82 Å². The fourth-order valence-electron chi connectivity index (χ4n) is 3.71. The molecule has 0 saturated carbocycles. The molecule has 6 nitrogen and oxygen atoms in total. The van der Waals surface area contributed by atoms with Gasteiger partial charge < -0.3 is 4.90 Å². The van der Waals surface area contributed by atoms with E-state index in [0.29, 0.717) is 12.5 Å². The van der Waals surface area contributed by atoms with Crippen LogP contribution in [0.5, 0.6) is 0 Å². The Hall–Kier alpha value is -3.54. The third-order valence-electron chi connectivity index (χ3n) is 5.16. The van der Waals surface area contributed by atoms with Crippen LogP contribution in [0.1, 0.15) is 0 Å². The Morgan fingerprint density at radius 2 is 1.86 bits per heavy atom. The molecule has 0 bridgehead atoms. The summed E-state index contributed by atoms with van der Waals surface area (Å²) in [7, 11) is 0. The van der Waals surface area contributed by atoms with Crippen LogP contribution in [0.2, 0.25) is 0 Å². The Morgan fingerprint density at radius 1 is 0.964 bits per heavy atom. The summed E-state index contributed by atoms with van der Waals surface area (Å²) in [5.74, 6) is 1.38. The molecule has 1 aliphatic rings. The smallest absolute Gasteiger partial charge is 0.266 e. The number of anilines is 1. The van der Waals surface area contributed by atoms with E-state index in [2.05, 4.69) is 32.1 Å². The summed E-state index contributed by atoms with van der Waals surface area (Å²) in [6.45, 7) is 2.34. The van der Waals surface area contributed by atoms with Crippen molar-refractivity contribution in [1.29, 1.82) is 0 Å². The minimum Gasteiger partial charge on any atom is -0.355 e. The van der Waals surface area contributed by atoms with Crippen LogP contribution in [-0.2, 0) is 6.54 Å². The quantitative estimate of drug-likeness (QED) is 0.553. The van der Waals surface area contributed by atoms with E-state index in [1.54, 1.807) is 29.2 Å². The summed E-state index contributed by atoms with van der Waals surface area (Å²) in [4.78, 5) is 23.2. The average molecular weight is 369 g/mol. The molecule has 0 atom stereocenters. The predicted molar refractivity (Wildman–Crippen MR) is 109 cm³/mol. The number of nitrogens with zero attached hydrogens (tertiary/aromatic N) is 5. The van der Waals surface area contributed by atoms with Crippen LogP contribution < -0.4 is 10.5 Å². The molecule has 0 aliphatic carbocycles. The zero-order valence-corrected chi connectivity index (χ0v) is 15.3. The molecule has 0 unspecified atom stereocenters. The molecule has 0 amide bonds. The highest BCUT2D eigenvalue weighted by molar-refractivity contribution is 5.92. The van der Waals surface area contributed by atoms with Crippen molar-refractivity contribution in [1.82, 2.24) is 19.7 Å². The lowest BCUT2D eigenvalue weighted by Crippen LogP contribution is -2.50. The maximum Gasteiger partial charge on any atom is 0.266 e. The fraction of sp³-hybridized carbons (Fsp3) is 0.182. The number of pyridine rings is 2. The van der Waals surface area contributed by atoms with Crippen molar-refractivity contribution in [2.24, 2.45) is 5.92 Å². The predicted octanol–water partition coefficient (Wildman–Crippen LogP) is 2.99. The largest absolute Gasteiger partial charge is 0.355 e. The van der Waals surface area contributed by atoms with Gasteiger partial charge in [-0.05, 0) is 29.7 Å². The Morgan fingerprint density at radius 3 is 2.71 bits per heavy atom. The van der Waals surface area contributed by atoms with Crippen molar-refractivity contribution >= 4 is 16.6 Å². The number of hydrogen-bond acceptors (Lipinski definition) is 5. The molecule has 1 aliphatic heterocycles. The molecule has 1 saturated heterocycles. The van der Waals surface area contributed by atoms with Crippen molar-refractivity contribution in [3.63, 3.8) is 0 Å². The molecule has 4 heterocycles. The van der Waals surface area contributed by atoms with Gasteiger partial charge in [-0.1, -0.05) is 24.3 Å². The highest BCUT2D eigenvalue weighted by Gasteiger charge is 2.29. The molecule has 0 radical (unpaired) electrons. The molecule has 5 rings (SSSR count). The van der Waals surface area contributed by atoms with Gasteiger partial charge in [-0.25, -0.2) is 9.67 Å². The maximum absolute atomic E-state index is 12.3. The average Bonchev–Trinajstić information content (AvgIpc) is 2.72. The van der Waals surface area contributed by atoms with Crippen molar-refractivity contribution in [3.05, 3.63) is 83.5 Å². The van der Waals surface area contributed by atoms with Crippen LogP contribution in [0.15, 0.2) is 78.0 Å². The van der Waals surface area contributed by atoms with Crippen LogP contribution in [-0.4, -0.2) is 32.8 Å². The summed E-state index contributed by atoms with van der Waals surface area (Å²) in [5.41, 5.74) is 1.60. The van der Waals surface area contributed by atoms with Crippen molar-refractivity contribution < 1.29 is 0 Å². The first-order valence-electron chi connectivity index (χ1n) is 9.35. The zero-order chi connectivity index (χ0) is 18.9. The fourth-order valence-corrected chi connectivity index (χ4v) is 3.71. The number of fused-ring (bicyclic) bond motifs is 1. The molecule has 138 valence electrons. The maximum atomic E-state index is 12.3. The number of benzene rings is 1. The summed E-state index contributed by atoms with van der Waals surface area (Å²) in [6.07, 6.45) is 5.34. The Bertz CT molecular complexity index is 1180. The second kappa shape index (κ2) is 6.88. The molecule has 3 aromatic heterocycles. The lowest BCUT2D eigenvalue weighted by atomic mass is 9.99. The molecule has 6 heteroatoms. The van der Waals surface area contributed by atoms with E-state index in [9.17, 15) is 4.79 Å². The summed E-state index contributed by atoms with van der Waals surface area (Å²) < 4.78 is 1.57. The van der Waals surface area contributed by atoms with E-state index < -0.39 is 0 Å². The summed E-state index contributed by atoms with van der Waals surface area (Å²) in [6, 6.07) is 17.5. The molecule has 0 N–H and O–H groups in total. The zero-order valence-electron chi connectivity index (χ0n) is 15.3. The second-order valence-electron chi connectivity index (χ2n) is 7.11. The van der Waals surface area contributed by atoms with Gasteiger partial charge in [-0.15, -0.1) is 0 Å². The van der Waals surface area contributed by atoms with E-state index in [0.717, 1.165) is 35.6 Å². The van der Waals surface area contributed by atoms with Crippen LogP contribution >= 0.6 is 0 Å². The lowest BCUT2D eigenvalue weighted by molar-refractivity contribution is 0.334. The van der Waals surface area contributed by atoms with Crippen molar-refractivity contribution in [2.45, 2.75) is 6.54 Å². The van der Waals surface area contributed by atoms with Gasteiger partial charge in [-0.3, -0.25) is 9.78 Å². The number of hydrogen-bond donors (Lipinski definition) is 0. The van der Waals surface area contributed by atoms with Crippen LogP contribution in [0.3, 0.4) is 0 Å². The first-order chi connectivity index (χ1) is 13.8. The van der Waals surface area contributed by atoms with Gasteiger partial charge in [0.2, 0.25) is 0 Å². The molecule has 1 fully saturated rings. The number of rotatable bonds is 4. The van der Waals surface area contributed by atoms with Crippen molar-refractivity contribution in [2.75, 3.05) is 18.0 Å². The Labute approximate surface area is 162 Å². The number of aromatic nitrogens is 4. The highest BCUT2D eigenvalue weighted by atomic mass is 16.1. The molecular weight excluding hydrogens is 350 g/mol. The second-order valence-corrected chi connectivity index (χ2v) is 7.11. The first-order valence-corrected chi connectivity index (χ1v) is 9.35.